The van der Waals surface area contributed by atoms with Gasteiger partial charge in [-0.2, -0.15) is 0 Å². The van der Waals surface area contributed by atoms with Crippen LogP contribution in [0.3, 0.4) is 0 Å². The number of nitrogens with one attached hydrogen (secondary N) is 2. The van der Waals surface area contributed by atoms with Crippen molar-refractivity contribution < 1.29 is 18.3 Å². The molecule has 1 fully saturated rings. The molecule has 30 heavy (non-hydrogen) atoms. The van der Waals surface area contributed by atoms with Crippen molar-refractivity contribution in [2.75, 3.05) is 20.2 Å². The van der Waals surface area contributed by atoms with Crippen LogP contribution in [0.2, 0.25) is 0 Å². The minimum atomic E-state index is -0.503. The molecule has 162 valence electrons. The number of para-hydroxylation sites is 1. The Morgan fingerprint density at radius 2 is 1.97 bits per heavy atom. The zero-order valence-electron chi connectivity index (χ0n) is 17.5. The molecule has 1 aliphatic carbocycles. The van der Waals surface area contributed by atoms with Crippen molar-refractivity contribution >= 4 is 5.91 Å². The van der Waals surface area contributed by atoms with Crippen LogP contribution in [0.1, 0.15) is 44.1 Å². The second-order valence-electron chi connectivity index (χ2n) is 7.77. The lowest BCUT2D eigenvalue weighted by molar-refractivity contribution is -0.120. The highest BCUT2D eigenvalue weighted by atomic mass is 19.1. The normalized spacial score (nSPS) is 17.8. The monoisotopic (exact) mass is 416 g/mol. The minimum absolute atomic E-state index is 0.0427. The first kappa shape index (κ1) is 22.2. The average molecular weight is 417 g/mol. The first-order valence-electron chi connectivity index (χ1n) is 10.7. The van der Waals surface area contributed by atoms with E-state index in [1.165, 1.54) is 12.2 Å². The Labute approximate surface area is 177 Å². The van der Waals surface area contributed by atoms with Crippen molar-refractivity contribution in [3.63, 3.8) is 0 Å². The van der Waals surface area contributed by atoms with Gasteiger partial charge < -0.3 is 15.4 Å². The maximum absolute atomic E-state index is 14.5. The molecule has 1 saturated heterocycles. The molecule has 3 rings (SSSR count). The van der Waals surface area contributed by atoms with Gasteiger partial charge in [0.15, 0.2) is 0 Å². The van der Waals surface area contributed by atoms with Gasteiger partial charge in [0, 0.05) is 12.8 Å². The third kappa shape index (κ3) is 6.02. The lowest BCUT2D eigenvalue weighted by Crippen LogP contribution is -2.29. The fraction of sp³-hybridized carbons (Fsp3) is 0.458. The Morgan fingerprint density at radius 3 is 2.73 bits per heavy atom. The summed E-state index contributed by atoms with van der Waals surface area (Å²) in [7, 11) is 1.64. The van der Waals surface area contributed by atoms with Gasteiger partial charge in [0.25, 0.3) is 0 Å². The number of amides is 1. The number of piperidine rings is 1. The lowest BCUT2D eigenvalue weighted by Gasteiger charge is -2.24. The van der Waals surface area contributed by atoms with Gasteiger partial charge in [0.2, 0.25) is 5.91 Å². The first-order valence-corrected chi connectivity index (χ1v) is 10.7. The summed E-state index contributed by atoms with van der Waals surface area (Å²) < 4.78 is 34.3. The van der Waals surface area contributed by atoms with Gasteiger partial charge in [-0.15, -0.1) is 0 Å². The quantitative estimate of drug-likeness (QED) is 0.594. The van der Waals surface area contributed by atoms with E-state index in [0.29, 0.717) is 18.4 Å². The van der Waals surface area contributed by atoms with Crippen molar-refractivity contribution in [3.8, 4) is 5.75 Å². The molecule has 6 heteroatoms. The number of carbonyl (C=O) groups is 1. The van der Waals surface area contributed by atoms with Crippen LogP contribution < -0.4 is 15.4 Å². The highest BCUT2D eigenvalue weighted by molar-refractivity contribution is 5.78. The van der Waals surface area contributed by atoms with Crippen molar-refractivity contribution in [1.29, 1.82) is 0 Å². The Balaban J connectivity index is 1.54. The van der Waals surface area contributed by atoms with E-state index < -0.39 is 5.83 Å². The Hall–Kier alpha value is -2.47. The fourth-order valence-electron chi connectivity index (χ4n) is 3.98. The summed E-state index contributed by atoms with van der Waals surface area (Å²) >= 11 is 0. The molecule has 1 aromatic rings. The summed E-state index contributed by atoms with van der Waals surface area (Å²) in [6, 6.07) is 7.82. The van der Waals surface area contributed by atoms with Crippen LogP contribution in [0.15, 0.2) is 59.3 Å². The summed E-state index contributed by atoms with van der Waals surface area (Å²) in [5, 5.41) is 5.92. The second kappa shape index (κ2) is 11.1. The zero-order valence-corrected chi connectivity index (χ0v) is 17.5. The number of ether oxygens (including phenoxy) is 1. The van der Waals surface area contributed by atoms with E-state index in [-0.39, 0.29) is 29.8 Å². The van der Waals surface area contributed by atoms with Crippen LogP contribution in [0.5, 0.6) is 5.75 Å². The third-order valence-corrected chi connectivity index (χ3v) is 5.67. The highest BCUT2D eigenvalue weighted by Gasteiger charge is 2.24. The minimum Gasteiger partial charge on any atom is -0.496 e. The van der Waals surface area contributed by atoms with E-state index in [2.05, 4.69) is 10.6 Å². The molecule has 1 aliphatic heterocycles. The van der Waals surface area contributed by atoms with Crippen molar-refractivity contribution in [2.45, 2.75) is 44.9 Å². The number of aryl methyl sites for hydroxylation is 1. The van der Waals surface area contributed by atoms with Crippen molar-refractivity contribution in [2.24, 2.45) is 5.92 Å². The summed E-state index contributed by atoms with van der Waals surface area (Å²) in [5.74, 6) is -0.239. The average Bonchev–Trinajstić information content (AvgIpc) is 2.91. The van der Waals surface area contributed by atoms with Crippen LogP contribution in [-0.4, -0.2) is 26.1 Å². The van der Waals surface area contributed by atoms with Crippen LogP contribution in [0.25, 0.3) is 0 Å². The first-order chi connectivity index (χ1) is 14.6. The number of benzene rings is 1. The van der Waals surface area contributed by atoms with Gasteiger partial charge in [-0.25, -0.2) is 8.78 Å². The molecule has 0 atom stereocenters. The molecular weight excluding hydrogens is 386 g/mol. The molecule has 0 unspecified atom stereocenters. The maximum Gasteiger partial charge on any atom is 0.224 e. The van der Waals surface area contributed by atoms with Gasteiger partial charge in [-0.1, -0.05) is 18.2 Å². The van der Waals surface area contributed by atoms with Gasteiger partial charge in [-0.05, 0) is 80.5 Å². The molecule has 1 aromatic carbocycles. The van der Waals surface area contributed by atoms with Crippen LogP contribution in [0.4, 0.5) is 8.78 Å². The van der Waals surface area contributed by atoms with Crippen LogP contribution in [-0.2, 0) is 11.2 Å². The molecule has 0 spiro atoms. The Kier molecular flexibility index (Phi) is 8.20. The molecule has 0 bridgehead atoms. The second-order valence-corrected chi connectivity index (χ2v) is 7.77. The number of methoxy groups -OCH3 is 1. The topological polar surface area (TPSA) is 50.4 Å². The predicted molar refractivity (Wildman–Crippen MR) is 114 cm³/mol. The number of unbranched alkanes of at least 4 members (excludes halogenated alkanes) is 1. The Morgan fingerprint density at radius 1 is 1.20 bits per heavy atom. The van der Waals surface area contributed by atoms with E-state index in [0.717, 1.165) is 50.1 Å². The molecule has 2 N–H and O–H groups in total. The smallest absolute Gasteiger partial charge is 0.224 e. The van der Waals surface area contributed by atoms with E-state index in [4.69, 9.17) is 4.74 Å². The van der Waals surface area contributed by atoms with Crippen LogP contribution in [0, 0.1) is 5.92 Å². The van der Waals surface area contributed by atoms with Crippen LogP contribution >= 0.6 is 0 Å². The number of rotatable bonds is 8. The SMILES string of the molecule is COc1ccccc1CCCCC(=O)NC1=C(F)CC=C(F)C(C2CCNCC2)=C1. The number of hydrogen-bond acceptors (Lipinski definition) is 3. The number of carbonyl (C=O) groups excluding carboxylic acids is 1. The van der Waals surface area contributed by atoms with E-state index in [9.17, 15) is 13.6 Å². The van der Waals surface area contributed by atoms with Gasteiger partial charge >= 0.3 is 0 Å². The third-order valence-electron chi connectivity index (χ3n) is 5.67. The summed E-state index contributed by atoms with van der Waals surface area (Å²) in [5.41, 5.74) is 1.70. The van der Waals surface area contributed by atoms with Crippen molar-refractivity contribution in [3.05, 3.63) is 64.9 Å². The van der Waals surface area contributed by atoms with E-state index in [1.807, 2.05) is 24.3 Å². The van der Waals surface area contributed by atoms with E-state index in [1.54, 1.807) is 7.11 Å². The zero-order chi connectivity index (χ0) is 21.3. The van der Waals surface area contributed by atoms with Gasteiger partial charge in [0.05, 0.1) is 12.8 Å². The fourth-order valence-corrected chi connectivity index (χ4v) is 3.98. The summed E-state index contributed by atoms with van der Waals surface area (Å²) in [6.07, 6.45) is 6.84. The largest absolute Gasteiger partial charge is 0.496 e. The number of allylic oxidation sites excluding steroid dienone is 5. The molecule has 4 nitrogen and oxygen atoms in total. The summed E-state index contributed by atoms with van der Waals surface area (Å²) in [4.78, 5) is 12.4. The Bertz CT molecular complexity index is 839. The molecular formula is C24H30F2N2O2. The molecule has 2 aliphatic rings. The van der Waals surface area contributed by atoms with Gasteiger partial charge in [0.1, 0.15) is 17.4 Å². The molecule has 1 amide bonds. The standard InChI is InChI=1S/C24H30F2N2O2/c1-30-23-8-4-2-6-18(23)7-3-5-9-24(29)28-22-16-19(17-12-14-27-15-13-17)20(25)10-11-21(22)26/h2,4,6,8,10,16-17,27H,3,5,7,9,11-15H2,1H3,(H,28,29). The number of hydrogen-bond donors (Lipinski definition) is 2. The molecule has 1 heterocycles. The lowest BCUT2D eigenvalue weighted by atomic mass is 9.88. The van der Waals surface area contributed by atoms with Gasteiger partial charge in [-0.3, -0.25) is 4.79 Å². The predicted octanol–water partition coefficient (Wildman–Crippen LogP) is 4.89. The molecule has 0 radical (unpaired) electrons. The van der Waals surface area contributed by atoms with E-state index >= 15 is 0 Å². The number of halogens is 2. The highest BCUT2D eigenvalue weighted by Crippen LogP contribution is 2.32. The molecule has 0 aromatic heterocycles. The van der Waals surface area contributed by atoms with Crippen molar-refractivity contribution in [1.82, 2.24) is 10.6 Å². The maximum atomic E-state index is 14.5. The molecule has 0 saturated carbocycles. The summed E-state index contributed by atoms with van der Waals surface area (Å²) in [6.45, 7) is 1.63.